The Bertz CT molecular complexity index is 358. The predicted octanol–water partition coefficient (Wildman–Crippen LogP) is 3.06. The molecule has 1 aromatic heterocycles. The highest BCUT2D eigenvalue weighted by molar-refractivity contribution is 7.09. The van der Waals surface area contributed by atoms with Crippen LogP contribution in [-0.2, 0) is 13.0 Å². The molecule has 0 bridgehead atoms. The van der Waals surface area contributed by atoms with Gasteiger partial charge < -0.3 is 5.32 Å². The van der Waals surface area contributed by atoms with Crippen molar-refractivity contribution in [1.29, 1.82) is 0 Å². The molecule has 1 atom stereocenters. The zero-order valence-electron chi connectivity index (χ0n) is 12.3. The van der Waals surface area contributed by atoms with E-state index in [1.807, 2.05) is 11.3 Å². The van der Waals surface area contributed by atoms with Gasteiger partial charge in [-0.1, -0.05) is 13.8 Å². The lowest BCUT2D eigenvalue weighted by Gasteiger charge is -2.24. The third-order valence-corrected chi connectivity index (χ3v) is 4.59. The number of aromatic nitrogens is 1. The van der Waals surface area contributed by atoms with Crippen LogP contribution in [0.2, 0.25) is 0 Å². The molecule has 1 aromatic rings. The van der Waals surface area contributed by atoms with Crippen molar-refractivity contribution in [3.8, 4) is 0 Å². The molecule has 1 aliphatic heterocycles. The third-order valence-electron chi connectivity index (χ3n) is 3.63. The summed E-state index contributed by atoms with van der Waals surface area (Å²) in [5, 5.41) is 7.14. The summed E-state index contributed by atoms with van der Waals surface area (Å²) in [5.41, 5.74) is 1.26. The van der Waals surface area contributed by atoms with Crippen molar-refractivity contribution in [2.45, 2.75) is 58.5 Å². The minimum absolute atomic E-state index is 0.695. The molecule has 1 saturated heterocycles. The highest BCUT2D eigenvalue weighted by Gasteiger charge is 2.18. The van der Waals surface area contributed by atoms with E-state index in [1.54, 1.807) is 0 Å². The van der Waals surface area contributed by atoms with Gasteiger partial charge in [0.1, 0.15) is 0 Å². The predicted molar refractivity (Wildman–Crippen MR) is 82.7 cm³/mol. The molecule has 0 aliphatic carbocycles. The fraction of sp³-hybridized carbons (Fsp3) is 0.800. The summed E-state index contributed by atoms with van der Waals surface area (Å²) in [6.45, 7) is 9.05. The van der Waals surface area contributed by atoms with Gasteiger partial charge in [0, 0.05) is 24.5 Å². The molecule has 108 valence electrons. The minimum atomic E-state index is 0.695. The molecule has 0 aromatic carbocycles. The van der Waals surface area contributed by atoms with Crippen molar-refractivity contribution in [1.82, 2.24) is 15.2 Å². The Morgan fingerprint density at radius 1 is 1.42 bits per heavy atom. The molecule has 0 radical (unpaired) electrons. The zero-order chi connectivity index (χ0) is 13.5. The molecule has 0 saturated carbocycles. The van der Waals surface area contributed by atoms with Crippen molar-refractivity contribution in [3.63, 3.8) is 0 Å². The molecule has 1 N–H and O–H groups in total. The van der Waals surface area contributed by atoms with Gasteiger partial charge in [-0.15, -0.1) is 11.3 Å². The first kappa shape index (κ1) is 14.9. The lowest BCUT2D eigenvalue weighted by atomic mass is 10.2. The topological polar surface area (TPSA) is 28.2 Å². The highest BCUT2D eigenvalue weighted by Crippen LogP contribution is 2.15. The number of aryl methyl sites for hydroxylation is 1. The van der Waals surface area contributed by atoms with Crippen LogP contribution in [0, 0.1) is 0 Å². The molecular formula is C15H27N3S. The Morgan fingerprint density at radius 3 is 3.00 bits per heavy atom. The van der Waals surface area contributed by atoms with E-state index in [9.17, 15) is 0 Å². The molecule has 1 aliphatic rings. The average molecular weight is 281 g/mol. The maximum Gasteiger partial charge on any atom is 0.0928 e. The Hall–Kier alpha value is -0.450. The minimum Gasteiger partial charge on any atom is -0.313 e. The van der Waals surface area contributed by atoms with E-state index in [0.29, 0.717) is 6.04 Å². The van der Waals surface area contributed by atoms with Gasteiger partial charge in [0.05, 0.1) is 10.7 Å². The van der Waals surface area contributed by atoms with Crippen LogP contribution in [0.4, 0.5) is 0 Å². The first-order valence-corrected chi connectivity index (χ1v) is 8.58. The molecule has 1 unspecified atom stereocenters. The highest BCUT2D eigenvalue weighted by atomic mass is 32.1. The number of hydrogen-bond donors (Lipinski definition) is 1. The van der Waals surface area contributed by atoms with Crippen LogP contribution >= 0.6 is 11.3 Å². The Labute approximate surface area is 121 Å². The smallest absolute Gasteiger partial charge is 0.0928 e. The summed E-state index contributed by atoms with van der Waals surface area (Å²) in [6, 6.07) is 0.695. The number of nitrogens with zero attached hydrogens (tertiary/aromatic N) is 2. The molecule has 2 rings (SSSR count). The molecule has 1 fully saturated rings. The van der Waals surface area contributed by atoms with Crippen LogP contribution in [-0.4, -0.2) is 35.6 Å². The second kappa shape index (κ2) is 7.98. The van der Waals surface area contributed by atoms with Crippen LogP contribution in [0.5, 0.6) is 0 Å². The largest absolute Gasteiger partial charge is 0.313 e. The first-order valence-electron chi connectivity index (χ1n) is 7.70. The fourth-order valence-corrected chi connectivity index (χ4v) is 3.65. The second-order valence-corrected chi connectivity index (χ2v) is 6.45. The van der Waals surface area contributed by atoms with Gasteiger partial charge in [0.2, 0.25) is 0 Å². The third kappa shape index (κ3) is 4.86. The van der Waals surface area contributed by atoms with Crippen molar-refractivity contribution >= 4 is 11.3 Å². The van der Waals surface area contributed by atoms with Crippen LogP contribution in [0.25, 0.3) is 0 Å². The van der Waals surface area contributed by atoms with Gasteiger partial charge in [0.15, 0.2) is 0 Å². The lowest BCUT2D eigenvalue weighted by Crippen LogP contribution is -2.37. The molecular weight excluding hydrogens is 254 g/mol. The zero-order valence-corrected chi connectivity index (χ0v) is 13.1. The van der Waals surface area contributed by atoms with Gasteiger partial charge in [0.25, 0.3) is 0 Å². The van der Waals surface area contributed by atoms with E-state index >= 15 is 0 Å². The lowest BCUT2D eigenvalue weighted by molar-refractivity contribution is 0.239. The number of thiazole rings is 1. The number of hydrogen-bond acceptors (Lipinski definition) is 4. The Morgan fingerprint density at radius 2 is 2.32 bits per heavy atom. The normalized spacial score (nSPS) is 19.4. The van der Waals surface area contributed by atoms with Gasteiger partial charge in [-0.3, -0.25) is 4.90 Å². The van der Waals surface area contributed by atoms with Crippen molar-refractivity contribution < 1.29 is 0 Å². The van der Waals surface area contributed by atoms with Gasteiger partial charge in [-0.2, -0.15) is 0 Å². The summed E-state index contributed by atoms with van der Waals surface area (Å²) in [5.74, 6) is 0. The summed E-state index contributed by atoms with van der Waals surface area (Å²) in [4.78, 5) is 7.32. The first-order chi connectivity index (χ1) is 9.31. The fourth-order valence-electron chi connectivity index (χ4n) is 2.75. The summed E-state index contributed by atoms with van der Waals surface area (Å²) >= 11 is 1.82. The van der Waals surface area contributed by atoms with Crippen molar-refractivity contribution in [2.24, 2.45) is 0 Å². The summed E-state index contributed by atoms with van der Waals surface area (Å²) in [6.07, 6.45) is 6.21. The van der Waals surface area contributed by atoms with Crippen LogP contribution in [0.15, 0.2) is 5.38 Å². The molecule has 3 nitrogen and oxygen atoms in total. The summed E-state index contributed by atoms with van der Waals surface area (Å²) < 4.78 is 0. The SMILES string of the molecule is CCCc1nc(CN(CCC)CC2CCCN2)cs1. The van der Waals surface area contributed by atoms with Crippen LogP contribution in [0.1, 0.15) is 50.2 Å². The maximum absolute atomic E-state index is 4.75. The Balaban J connectivity index is 1.86. The monoisotopic (exact) mass is 281 g/mol. The molecule has 0 spiro atoms. The molecule has 4 heteroatoms. The van der Waals surface area contributed by atoms with Gasteiger partial charge in [-0.05, 0) is 45.2 Å². The van der Waals surface area contributed by atoms with Gasteiger partial charge in [-0.25, -0.2) is 4.98 Å². The van der Waals surface area contributed by atoms with Crippen molar-refractivity contribution in [3.05, 3.63) is 16.1 Å². The van der Waals surface area contributed by atoms with E-state index in [1.165, 1.54) is 56.0 Å². The van der Waals surface area contributed by atoms with E-state index in [4.69, 9.17) is 4.98 Å². The quantitative estimate of drug-likeness (QED) is 0.794. The van der Waals surface area contributed by atoms with Crippen molar-refractivity contribution in [2.75, 3.05) is 19.6 Å². The summed E-state index contributed by atoms with van der Waals surface area (Å²) in [7, 11) is 0. The Kier molecular flexibility index (Phi) is 6.28. The maximum atomic E-state index is 4.75. The van der Waals surface area contributed by atoms with E-state index in [2.05, 4.69) is 29.4 Å². The van der Waals surface area contributed by atoms with Gasteiger partial charge >= 0.3 is 0 Å². The van der Waals surface area contributed by atoms with E-state index < -0.39 is 0 Å². The number of rotatable bonds is 8. The molecule has 2 heterocycles. The average Bonchev–Trinajstić information content (AvgIpc) is 3.02. The number of nitrogens with one attached hydrogen (secondary N) is 1. The molecule has 19 heavy (non-hydrogen) atoms. The van der Waals surface area contributed by atoms with Crippen LogP contribution < -0.4 is 5.32 Å². The van der Waals surface area contributed by atoms with Crippen LogP contribution in [0.3, 0.4) is 0 Å². The van der Waals surface area contributed by atoms with E-state index in [0.717, 1.165) is 13.0 Å². The molecule has 0 amide bonds. The second-order valence-electron chi connectivity index (χ2n) is 5.51. The standard InChI is InChI=1S/C15H27N3S/c1-3-6-15-17-14(12-19-15)11-18(9-4-2)10-13-7-5-8-16-13/h12-13,16H,3-11H2,1-2H3. The van der Waals surface area contributed by atoms with E-state index in [-0.39, 0.29) is 0 Å².